The molecule has 0 amide bonds. The third kappa shape index (κ3) is 4.12. The van der Waals surface area contributed by atoms with E-state index in [1.165, 1.54) is 5.56 Å². The first-order valence-electron chi connectivity index (χ1n) is 8.41. The van der Waals surface area contributed by atoms with Gasteiger partial charge in [0.2, 0.25) is 0 Å². The second kappa shape index (κ2) is 7.31. The molecule has 24 heavy (non-hydrogen) atoms. The lowest BCUT2D eigenvalue weighted by atomic mass is 9.83. The largest absolute Gasteiger partial charge is 0.278 e. The van der Waals surface area contributed by atoms with Gasteiger partial charge < -0.3 is 0 Å². The van der Waals surface area contributed by atoms with Crippen LogP contribution in [0.25, 0.3) is 0 Å². The molecule has 1 aliphatic rings. The Balaban J connectivity index is 1.61. The maximum atomic E-state index is 12.4. The van der Waals surface area contributed by atoms with E-state index in [0.717, 1.165) is 37.0 Å². The molecular formula is C20H23NO2S. The summed E-state index contributed by atoms with van der Waals surface area (Å²) in [5.74, 6) is 0.431. The Hall–Kier alpha value is -1.94. The molecule has 2 aromatic rings. The van der Waals surface area contributed by atoms with E-state index in [-0.39, 0.29) is 5.88 Å². The number of hydrogen-bond acceptors (Lipinski definition) is 3. The molecule has 0 aliphatic heterocycles. The van der Waals surface area contributed by atoms with Crippen molar-refractivity contribution in [2.24, 2.45) is 4.99 Å². The zero-order valence-electron chi connectivity index (χ0n) is 14.0. The van der Waals surface area contributed by atoms with Crippen LogP contribution in [0.3, 0.4) is 0 Å². The number of nitrogens with zero attached hydrogens (tertiary/aromatic N) is 1. The molecule has 0 saturated heterocycles. The molecular weight excluding hydrogens is 318 g/mol. The summed E-state index contributed by atoms with van der Waals surface area (Å²) in [4.78, 5) is 4.77. The first kappa shape index (κ1) is 16.9. The van der Waals surface area contributed by atoms with E-state index in [4.69, 9.17) is 0 Å². The first-order valence-corrected chi connectivity index (χ1v) is 10.1. The van der Waals surface area contributed by atoms with Crippen molar-refractivity contribution in [2.75, 3.05) is 5.88 Å². The van der Waals surface area contributed by atoms with Crippen molar-refractivity contribution in [3.63, 3.8) is 0 Å². The zero-order valence-corrected chi connectivity index (χ0v) is 14.8. The van der Waals surface area contributed by atoms with Gasteiger partial charge in [0.1, 0.15) is 5.88 Å². The van der Waals surface area contributed by atoms with Gasteiger partial charge in [-0.2, -0.15) is 0 Å². The third-order valence-corrected chi connectivity index (χ3v) is 6.13. The molecule has 0 N–H and O–H groups in total. The van der Waals surface area contributed by atoms with E-state index in [2.05, 4.69) is 29.3 Å². The van der Waals surface area contributed by atoms with Gasteiger partial charge in [-0.1, -0.05) is 48.0 Å². The van der Waals surface area contributed by atoms with E-state index in [1.807, 2.05) is 25.1 Å². The van der Waals surface area contributed by atoms with Crippen LogP contribution < -0.4 is 0 Å². The van der Waals surface area contributed by atoms with Crippen molar-refractivity contribution in [3.05, 3.63) is 65.7 Å². The van der Waals surface area contributed by atoms with Gasteiger partial charge in [0.15, 0.2) is 9.84 Å². The fraction of sp³-hybridized carbons (Fsp3) is 0.350. The minimum Gasteiger partial charge on any atom is -0.278 e. The summed E-state index contributed by atoms with van der Waals surface area (Å²) in [5, 5.41) is 0. The lowest BCUT2D eigenvalue weighted by molar-refractivity contribution is 0.564. The summed E-state index contributed by atoms with van der Waals surface area (Å²) >= 11 is 0. The summed E-state index contributed by atoms with van der Waals surface area (Å²) in [6.45, 7) is 1.95. The van der Waals surface area contributed by atoms with E-state index in [9.17, 15) is 8.42 Å². The Morgan fingerprint density at radius 1 is 0.958 bits per heavy atom. The van der Waals surface area contributed by atoms with Gasteiger partial charge in [0.25, 0.3) is 0 Å². The Kier molecular flexibility index (Phi) is 5.14. The molecule has 0 radical (unpaired) electrons. The second-order valence-electron chi connectivity index (χ2n) is 6.47. The lowest BCUT2D eigenvalue weighted by Gasteiger charge is -2.23. The molecule has 0 atom stereocenters. The predicted molar refractivity (Wildman–Crippen MR) is 98.3 cm³/mol. The van der Waals surface area contributed by atoms with Crippen LogP contribution in [-0.4, -0.2) is 20.0 Å². The average molecular weight is 341 g/mol. The highest BCUT2D eigenvalue weighted by Crippen LogP contribution is 2.31. The van der Waals surface area contributed by atoms with Gasteiger partial charge in [-0.25, -0.2) is 8.42 Å². The number of aryl methyl sites for hydroxylation is 1. The fourth-order valence-electron chi connectivity index (χ4n) is 3.16. The van der Waals surface area contributed by atoms with Crippen LogP contribution in [0.5, 0.6) is 0 Å². The Bertz CT molecular complexity index is 798. The van der Waals surface area contributed by atoms with E-state index >= 15 is 0 Å². The predicted octanol–water partition coefficient (Wildman–Crippen LogP) is 4.53. The topological polar surface area (TPSA) is 46.5 Å². The van der Waals surface area contributed by atoms with Crippen LogP contribution in [0.1, 0.15) is 42.7 Å². The summed E-state index contributed by atoms with van der Waals surface area (Å²) < 4.78 is 24.7. The number of aliphatic imine (C=N–C) groups is 1. The Morgan fingerprint density at radius 3 is 2.21 bits per heavy atom. The maximum Gasteiger partial charge on any atom is 0.198 e. The lowest BCUT2D eigenvalue weighted by Crippen LogP contribution is -2.15. The molecule has 0 bridgehead atoms. The molecule has 1 saturated carbocycles. The highest BCUT2D eigenvalue weighted by atomic mass is 32.2. The molecule has 0 heterocycles. The highest BCUT2D eigenvalue weighted by molar-refractivity contribution is 7.91. The molecule has 0 unspecified atom stereocenters. The second-order valence-corrected chi connectivity index (χ2v) is 8.43. The van der Waals surface area contributed by atoms with E-state index in [0.29, 0.717) is 10.8 Å². The number of hydrogen-bond donors (Lipinski definition) is 0. The molecule has 2 aromatic carbocycles. The number of sulfone groups is 1. The van der Waals surface area contributed by atoms with Crippen LogP contribution in [0.2, 0.25) is 0 Å². The Morgan fingerprint density at radius 2 is 1.58 bits per heavy atom. The van der Waals surface area contributed by atoms with Crippen LogP contribution in [0, 0.1) is 6.92 Å². The van der Waals surface area contributed by atoms with Gasteiger partial charge in [-0.05, 0) is 56.2 Å². The van der Waals surface area contributed by atoms with Crippen molar-refractivity contribution < 1.29 is 8.42 Å². The molecule has 4 heteroatoms. The molecule has 3 rings (SSSR count). The van der Waals surface area contributed by atoms with Crippen LogP contribution in [-0.2, 0) is 9.84 Å². The van der Waals surface area contributed by atoms with E-state index in [1.54, 1.807) is 12.1 Å². The smallest absolute Gasteiger partial charge is 0.198 e. The average Bonchev–Trinajstić information content (AvgIpc) is 2.62. The monoisotopic (exact) mass is 341 g/mol. The SMILES string of the molecule is Cc1ccc(S(=O)(=O)CN=C2CCC(c3ccccc3)CC2)cc1. The molecule has 3 nitrogen and oxygen atoms in total. The summed E-state index contributed by atoms with van der Waals surface area (Å²) in [6, 6.07) is 17.5. The van der Waals surface area contributed by atoms with Gasteiger partial charge >= 0.3 is 0 Å². The Labute approximate surface area is 144 Å². The van der Waals surface area contributed by atoms with E-state index < -0.39 is 9.84 Å². The van der Waals surface area contributed by atoms with Crippen LogP contribution in [0.15, 0.2) is 64.5 Å². The van der Waals surface area contributed by atoms with Crippen molar-refractivity contribution in [2.45, 2.75) is 43.4 Å². The molecule has 1 aliphatic carbocycles. The van der Waals surface area contributed by atoms with Crippen molar-refractivity contribution in [3.8, 4) is 0 Å². The maximum absolute atomic E-state index is 12.4. The fourth-order valence-corrected chi connectivity index (χ4v) is 4.22. The van der Waals surface area contributed by atoms with Gasteiger partial charge in [-0.3, -0.25) is 4.99 Å². The highest BCUT2D eigenvalue weighted by Gasteiger charge is 2.20. The van der Waals surface area contributed by atoms with Crippen molar-refractivity contribution in [1.29, 1.82) is 0 Å². The molecule has 0 aromatic heterocycles. The molecule has 0 spiro atoms. The van der Waals surface area contributed by atoms with Gasteiger partial charge in [-0.15, -0.1) is 0 Å². The standard InChI is InChI=1S/C20H23NO2S/c1-16-7-13-20(14-8-16)24(22,23)15-21-19-11-9-18(10-12-19)17-5-3-2-4-6-17/h2-8,13-14,18H,9-12,15H2,1H3. The summed E-state index contributed by atoms with van der Waals surface area (Å²) in [5.41, 5.74) is 3.47. The number of benzene rings is 2. The van der Waals surface area contributed by atoms with Crippen LogP contribution in [0.4, 0.5) is 0 Å². The normalized spacial score (nSPS) is 18.4. The van der Waals surface area contributed by atoms with Crippen molar-refractivity contribution >= 4 is 15.5 Å². The zero-order chi connectivity index (χ0) is 17.0. The molecule has 126 valence electrons. The number of rotatable bonds is 4. The first-order chi connectivity index (χ1) is 11.5. The summed E-state index contributed by atoms with van der Waals surface area (Å²) in [7, 11) is -3.33. The summed E-state index contributed by atoms with van der Waals surface area (Å²) in [6.07, 6.45) is 3.88. The minimum atomic E-state index is -3.33. The van der Waals surface area contributed by atoms with Crippen molar-refractivity contribution in [1.82, 2.24) is 0 Å². The van der Waals surface area contributed by atoms with Gasteiger partial charge in [0.05, 0.1) is 4.90 Å². The third-order valence-electron chi connectivity index (χ3n) is 4.67. The van der Waals surface area contributed by atoms with Gasteiger partial charge in [0, 0.05) is 5.71 Å². The molecule has 1 fully saturated rings. The quantitative estimate of drug-likeness (QED) is 0.820. The minimum absolute atomic E-state index is 0.138. The van der Waals surface area contributed by atoms with Crippen LogP contribution >= 0.6 is 0 Å².